The minimum atomic E-state index is -0.292. The Kier molecular flexibility index (Phi) is 3.04. The van der Waals surface area contributed by atoms with Gasteiger partial charge in [0.2, 0.25) is 0 Å². The van der Waals surface area contributed by atoms with Crippen molar-refractivity contribution in [3.8, 4) is 0 Å². The monoisotopic (exact) mass is 156 g/mol. The first-order valence-corrected chi connectivity index (χ1v) is 3.75. The van der Waals surface area contributed by atoms with E-state index in [1.807, 2.05) is 0 Å². The smallest absolute Gasteiger partial charge is 0.353 e. The van der Waals surface area contributed by atoms with E-state index in [-0.39, 0.29) is 5.97 Å². The van der Waals surface area contributed by atoms with Crippen molar-refractivity contribution < 1.29 is 9.53 Å². The summed E-state index contributed by atoms with van der Waals surface area (Å²) < 4.78 is 4.77. The normalized spacial score (nSPS) is 17.4. The summed E-state index contributed by atoms with van der Waals surface area (Å²) in [6, 6.07) is 0. The molecule has 0 saturated heterocycles. The first-order valence-electron chi connectivity index (χ1n) is 3.75. The van der Waals surface area contributed by atoms with Crippen LogP contribution in [0.4, 0.5) is 0 Å². The molecular weight excluding hydrogens is 144 g/mol. The van der Waals surface area contributed by atoms with Crippen molar-refractivity contribution >= 4 is 11.7 Å². The Balaban J connectivity index is 2.44. The zero-order valence-electron chi connectivity index (χ0n) is 6.59. The van der Waals surface area contributed by atoms with Crippen molar-refractivity contribution in [2.75, 3.05) is 26.2 Å². The molecule has 62 valence electrons. The van der Waals surface area contributed by atoms with E-state index in [1.54, 1.807) is 6.92 Å². The van der Waals surface area contributed by atoms with Crippen LogP contribution in [0.25, 0.3) is 0 Å². The fourth-order valence-electron chi connectivity index (χ4n) is 0.884. The maximum atomic E-state index is 11.0. The van der Waals surface area contributed by atoms with E-state index in [2.05, 4.69) is 10.3 Å². The number of hydrogen-bond donors (Lipinski definition) is 1. The quantitative estimate of drug-likeness (QED) is 0.553. The first kappa shape index (κ1) is 8.20. The predicted molar refractivity (Wildman–Crippen MR) is 41.8 cm³/mol. The number of esters is 1. The molecule has 0 atom stereocenters. The highest BCUT2D eigenvalue weighted by atomic mass is 16.5. The van der Waals surface area contributed by atoms with Gasteiger partial charge in [-0.2, -0.15) is 0 Å². The van der Waals surface area contributed by atoms with Gasteiger partial charge in [-0.3, -0.25) is 4.99 Å². The molecule has 0 fully saturated rings. The lowest BCUT2D eigenvalue weighted by Gasteiger charge is -2.11. The van der Waals surface area contributed by atoms with Gasteiger partial charge in [0.1, 0.15) is 5.71 Å². The minimum Gasteiger partial charge on any atom is -0.461 e. The molecule has 1 aliphatic rings. The third kappa shape index (κ3) is 2.31. The van der Waals surface area contributed by atoms with Crippen LogP contribution in [0, 0.1) is 0 Å². The molecule has 4 heteroatoms. The largest absolute Gasteiger partial charge is 0.461 e. The Morgan fingerprint density at radius 1 is 1.82 bits per heavy atom. The molecule has 0 spiro atoms. The number of aliphatic imine (C=N–C) groups is 1. The highest BCUT2D eigenvalue weighted by molar-refractivity contribution is 6.37. The molecule has 0 aromatic heterocycles. The Hall–Kier alpha value is -0.900. The number of carbonyl (C=O) groups excluding carboxylic acids is 1. The summed E-state index contributed by atoms with van der Waals surface area (Å²) in [4.78, 5) is 15.0. The maximum absolute atomic E-state index is 11.0. The van der Waals surface area contributed by atoms with E-state index in [4.69, 9.17) is 4.74 Å². The zero-order chi connectivity index (χ0) is 8.10. The summed E-state index contributed by atoms with van der Waals surface area (Å²) in [7, 11) is 0. The number of nitrogens with zero attached hydrogens (tertiary/aromatic N) is 1. The number of nitrogens with one attached hydrogen (secondary N) is 1. The SMILES string of the molecule is CCOC(=O)C1=NCCNC1. The van der Waals surface area contributed by atoms with Gasteiger partial charge in [-0.15, -0.1) is 0 Å². The molecule has 1 rings (SSSR count). The van der Waals surface area contributed by atoms with E-state index in [0.29, 0.717) is 25.4 Å². The molecule has 0 radical (unpaired) electrons. The molecule has 0 saturated carbocycles. The van der Waals surface area contributed by atoms with Crippen LogP contribution < -0.4 is 5.32 Å². The van der Waals surface area contributed by atoms with Crippen LogP contribution in [0.15, 0.2) is 4.99 Å². The van der Waals surface area contributed by atoms with Gasteiger partial charge in [-0.25, -0.2) is 4.79 Å². The van der Waals surface area contributed by atoms with Crippen molar-refractivity contribution in [3.05, 3.63) is 0 Å². The summed E-state index contributed by atoms with van der Waals surface area (Å²) in [5.74, 6) is -0.292. The Labute approximate surface area is 65.6 Å². The van der Waals surface area contributed by atoms with Crippen molar-refractivity contribution in [2.24, 2.45) is 4.99 Å². The van der Waals surface area contributed by atoms with Crippen LogP contribution in [-0.4, -0.2) is 37.9 Å². The average Bonchev–Trinajstić information content (AvgIpc) is 2.07. The van der Waals surface area contributed by atoms with Crippen LogP contribution in [0.2, 0.25) is 0 Å². The van der Waals surface area contributed by atoms with Gasteiger partial charge < -0.3 is 10.1 Å². The third-order valence-electron chi connectivity index (χ3n) is 1.39. The number of hydrogen-bond acceptors (Lipinski definition) is 4. The molecule has 0 aromatic rings. The summed E-state index contributed by atoms with van der Waals surface area (Å²) >= 11 is 0. The lowest BCUT2D eigenvalue weighted by atomic mass is 10.3. The molecular formula is C7H12N2O2. The average molecular weight is 156 g/mol. The fourth-order valence-corrected chi connectivity index (χ4v) is 0.884. The lowest BCUT2D eigenvalue weighted by molar-refractivity contribution is -0.135. The van der Waals surface area contributed by atoms with Crippen molar-refractivity contribution in [2.45, 2.75) is 6.92 Å². The fraction of sp³-hybridized carbons (Fsp3) is 0.714. The molecule has 0 unspecified atom stereocenters. The second-order valence-corrected chi connectivity index (χ2v) is 2.23. The third-order valence-corrected chi connectivity index (χ3v) is 1.39. The predicted octanol–water partition coefficient (Wildman–Crippen LogP) is -0.406. The van der Waals surface area contributed by atoms with Crippen molar-refractivity contribution in [3.63, 3.8) is 0 Å². The lowest BCUT2D eigenvalue weighted by Crippen LogP contribution is -2.36. The van der Waals surface area contributed by atoms with Crippen LogP contribution in [0.5, 0.6) is 0 Å². The summed E-state index contributed by atoms with van der Waals surface area (Å²) in [5, 5.41) is 3.04. The van der Waals surface area contributed by atoms with Gasteiger partial charge in [0, 0.05) is 13.1 Å². The number of ether oxygens (including phenoxy) is 1. The van der Waals surface area contributed by atoms with Crippen molar-refractivity contribution in [1.82, 2.24) is 5.32 Å². The van der Waals surface area contributed by atoms with E-state index in [9.17, 15) is 4.79 Å². The Morgan fingerprint density at radius 2 is 2.64 bits per heavy atom. The summed E-state index contributed by atoms with van der Waals surface area (Å²) in [6.45, 7) is 4.27. The standard InChI is InChI=1S/C7H12N2O2/c1-2-11-7(10)6-5-8-3-4-9-6/h8H,2-5H2,1H3. The van der Waals surface area contributed by atoms with Crippen LogP contribution in [0.1, 0.15) is 6.92 Å². The van der Waals surface area contributed by atoms with E-state index < -0.39 is 0 Å². The number of carbonyl (C=O) groups is 1. The molecule has 0 aromatic carbocycles. The van der Waals surface area contributed by atoms with Gasteiger partial charge in [0.05, 0.1) is 13.2 Å². The van der Waals surface area contributed by atoms with E-state index in [1.165, 1.54) is 0 Å². The molecule has 1 aliphatic heterocycles. The first-order chi connectivity index (χ1) is 5.34. The molecule has 11 heavy (non-hydrogen) atoms. The second-order valence-electron chi connectivity index (χ2n) is 2.23. The second kappa shape index (κ2) is 4.08. The Bertz CT molecular complexity index is 177. The molecule has 0 bridgehead atoms. The van der Waals surface area contributed by atoms with Gasteiger partial charge >= 0.3 is 5.97 Å². The summed E-state index contributed by atoms with van der Waals surface area (Å²) in [6.07, 6.45) is 0. The Morgan fingerprint density at radius 3 is 3.18 bits per heavy atom. The van der Waals surface area contributed by atoms with Gasteiger partial charge in [-0.05, 0) is 6.92 Å². The highest BCUT2D eigenvalue weighted by Crippen LogP contribution is 1.89. The van der Waals surface area contributed by atoms with Crippen LogP contribution in [-0.2, 0) is 9.53 Å². The molecule has 1 N–H and O–H groups in total. The van der Waals surface area contributed by atoms with Gasteiger partial charge in [0.15, 0.2) is 0 Å². The maximum Gasteiger partial charge on any atom is 0.353 e. The van der Waals surface area contributed by atoms with E-state index >= 15 is 0 Å². The van der Waals surface area contributed by atoms with Gasteiger partial charge in [0.25, 0.3) is 0 Å². The van der Waals surface area contributed by atoms with E-state index in [0.717, 1.165) is 6.54 Å². The molecule has 1 heterocycles. The van der Waals surface area contributed by atoms with Crippen molar-refractivity contribution in [1.29, 1.82) is 0 Å². The molecule has 0 amide bonds. The minimum absolute atomic E-state index is 0.292. The zero-order valence-corrected chi connectivity index (χ0v) is 6.59. The highest BCUT2D eigenvalue weighted by Gasteiger charge is 2.13. The van der Waals surface area contributed by atoms with Gasteiger partial charge in [-0.1, -0.05) is 0 Å². The summed E-state index contributed by atoms with van der Waals surface area (Å²) in [5.41, 5.74) is 0.512. The number of rotatable bonds is 2. The topological polar surface area (TPSA) is 50.7 Å². The molecule has 0 aliphatic carbocycles. The van der Waals surface area contributed by atoms with Crippen LogP contribution >= 0.6 is 0 Å². The molecule has 4 nitrogen and oxygen atoms in total. The van der Waals surface area contributed by atoms with Crippen LogP contribution in [0.3, 0.4) is 0 Å².